The zero-order chi connectivity index (χ0) is 17.8. The van der Waals surface area contributed by atoms with E-state index in [-0.39, 0.29) is 6.04 Å². The Kier molecular flexibility index (Phi) is 3.49. The van der Waals surface area contributed by atoms with Crippen LogP contribution in [0, 0.1) is 17.8 Å². The highest BCUT2D eigenvalue weighted by molar-refractivity contribution is 5.95. The number of aromatic carboxylic acids is 1. The van der Waals surface area contributed by atoms with Gasteiger partial charge in [0.15, 0.2) is 0 Å². The van der Waals surface area contributed by atoms with E-state index in [9.17, 15) is 9.90 Å². The lowest BCUT2D eigenvalue weighted by molar-refractivity contribution is 0.0697. The molecule has 2 bridgehead atoms. The molecule has 4 nitrogen and oxygen atoms in total. The summed E-state index contributed by atoms with van der Waals surface area (Å²) in [7, 11) is 1.69. The van der Waals surface area contributed by atoms with Crippen molar-refractivity contribution in [1.29, 1.82) is 0 Å². The van der Waals surface area contributed by atoms with E-state index in [1.165, 1.54) is 30.4 Å². The number of ether oxygens (including phenoxy) is 1. The quantitative estimate of drug-likeness (QED) is 0.844. The summed E-state index contributed by atoms with van der Waals surface area (Å²) in [6.45, 7) is 0. The van der Waals surface area contributed by atoms with Crippen molar-refractivity contribution in [3.05, 3.63) is 59.2 Å². The Hall–Kier alpha value is -2.49. The van der Waals surface area contributed by atoms with Crippen LogP contribution in [0.3, 0.4) is 0 Å². The molecule has 1 heterocycles. The van der Waals surface area contributed by atoms with Crippen LogP contribution in [0.25, 0.3) is 0 Å². The third kappa shape index (κ3) is 2.17. The highest BCUT2D eigenvalue weighted by Crippen LogP contribution is 2.64. The number of carboxylic acids is 1. The number of carboxylic acid groups (broad SMARTS) is 1. The first-order valence-electron chi connectivity index (χ1n) is 9.44. The summed E-state index contributed by atoms with van der Waals surface area (Å²) in [6.07, 6.45) is 3.84. The highest BCUT2D eigenvalue weighted by atomic mass is 16.5. The van der Waals surface area contributed by atoms with Crippen LogP contribution >= 0.6 is 0 Å². The lowest BCUT2D eigenvalue weighted by Crippen LogP contribution is -2.36. The second-order valence-electron chi connectivity index (χ2n) is 7.91. The molecule has 0 radical (unpaired) electrons. The lowest BCUT2D eigenvalue weighted by atomic mass is 9.67. The maximum absolute atomic E-state index is 11.8. The van der Waals surface area contributed by atoms with Crippen molar-refractivity contribution >= 4 is 11.7 Å². The summed E-state index contributed by atoms with van der Waals surface area (Å²) in [5.41, 5.74) is 3.61. The first-order valence-corrected chi connectivity index (χ1v) is 9.44. The van der Waals surface area contributed by atoms with Crippen LogP contribution in [0.5, 0.6) is 5.75 Å². The van der Waals surface area contributed by atoms with Gasteiger partial charge in [-0.15, -0.1) is 0 Å². The van der Waals surface area contributed by atoms with E-state index >= 15 is 0 Å². The van der Waals surface area contributed by atoms with Crippen LogP contribution < -0.4 is 10.1 Å². The molecule has 0 amide bonds. The number of benzene rings is 2. The van der Waals surface area contributed by atoms with E-state index in [4.69, 9.17) is 4.74 Å². The SMILES string of the molecule is COc1cccc([C@@H]2Nc3c(C(=O)O)cccc3[C@H]3[C@H]4CC[C@@H](C4)[C@@H]32)c1. The predicted octanol–water partition coefficient (Wildman–Crippen LogP) is 4.69. The molecule has 1 aliphatic heterocycles. The Morgan fingerprint density at radius 3 is 2.77 bits per heavy atom. The van der Waals surface area contributed by atoms with E-state index < -0.39 is 5.97 Å². The monoisotopic (exact) mass is 349 g/mol. The van der Waals surface area contributed by atoms with Gasteiger partial charge < -0.3 is 15.2 Å². The Balaban J connectivity index is 1.66. The number of nitrogens with one attached hydrogen (secondary N) is 1. The largest absolute Gasteiger partial charge is 0.497 e. The molecule has 2 saturated carbocycles. The number of hydrogen-bond donors (Lipinski definition) is 2. The topological polar surface area (TPSA) is 58.6 Å². The van der Waals surface area contributed by atoms with Crippen LogP contribution in [0.1, 0.15) is 52.7 Å². The Morgan fingerprint density at radius 1 is 1.15 bits per heavy atom. The zero-order valence-corrected chi connectivity index (χ0v) is 14.8. The minimum Gasteiger partial charge on any atom is -0.497 e. The lowest BCUT2D eigenvalue weighted by Gasteiger charge is -2.44. The van der Waals surface area contributed by atoms with E-state index in [2.05, 4.69) is 23.5 Å². The minimum atomic E-state index is -0.861. The van der Waals surface area contributed by atoms with Crippen molar-refractivity contribution in [3.8, 4) is 5.75 Å². The maximum Gasteiger partial charge on any atom is 0.337 e. The van der Waals surface area contributed by atoms with Gasteiger partial charge in [0, 0.05) is 0 Å². The summed E-state index contributed by atoms with van der Waals surface area (Å²) in [5.74, 6) is 2.37. The minimum absolute atomic E-state index is 0.137. The smallest absolute Gasteiger partial charge is 0.337 e. The molecule has 2 aliphatic carbocycles. The van der Waals surface area contributed by atoms with Crippen LogP contribution in [-0.4, -0.2) is 18.2 Å². The molecule has 134 valence electrons. The molecule has 0 unspecified atom stereocenters. The first kappa shape index (κ1) is 15.7. The Morgan fingerprint density at radius 2 is 1.96 bits per heavy atom. The van der Waals surface area contributed by atoms with Gasteiger partial charge in [0.2, 0.25) is 0 Å². The highest BCUT2D eigenvalue weighted by Gasteiger charge is 2.54. The molecule has 2 fully saturated rings. The summed E-state index contributed by atoms with van der Waals surface area (Å²) in [4.78, 5) is 11.8. The van der Waals surface area contributed by atoms with Gasteiger partial charge >= 0.3 is 5.97 Å². The second kappa shape index (κ2) is 5.76. The number of anilines is 1. The number of methoxy groups -OCH3 is 1. The molecule has 2 aromatic rings. The van der Waals surface area contributed by atoms with Crippen molar-refractivity contribution in [1.82, 2.24) is 0 Å². The molecule has 0 saturated heterocycles. The van der Waals surface area contributed by atoms with Gasteiger partial charge in [0.1, 0.15) is 5.75 Å². The molecule has 0 aromatic heterocycles. The van der Waals surface area contributed by atoms with Gasteiger partial charge in [-0.05, 0) is 72.3 Å². The Bertz CT molecular complexity index is 877. The van der Waals surface area contributed by atoms with Crippen molar-refractivity contribution in [3.63, 3.8) is 0 Å². The average Bonchev–Trinajstić information content (AvgIpc) is 3.29. The third-order valence-corrected chi connectivity index (χ3v) is 6.80. The van der Waals surface area contributed by atoms with E-state index in [1.807, 2.05) is 18.2 Å². The summed E-state index contributed by atoms with van der Waals surface area (Å²) in [5, 5.41) is 13.3. The average molecular weight is 349 g/mol. The van der Waals surface area contributed by atoms with Gasteiger partial charge in [-0.25, -0.2) is 4.79 Å². The number of para-hydroxylation sites is 1. The molecule has 4 heteroatoms. The van der Waals surface area contributed by atoms with Crippen molar-refractivity contribution < 1.29 is 14.6 Å². The van der Waals surface area contributed by atoms with Gasteiger partial charge in [0.25, 0.3) is 0 Å². The maximum atomic E-state index is 11.8. The summed E-state index contributed by atoms with van der Waals surface area (Å²) < 4.78 is 5.43. The van der Waals surface area contributed by atoms with Crippen LogP contribution in [0.4, 0.5) is 5.69 Å². The fourth-order valence-electron chi connectivity index (χ4n) is 5.86. The number of rotatable bonds is 3. The molecule has 3 aliphatic rings. The standard InChI is InChI=1S/C22H23NO3/c1-26-15-5-2-4-14(11-15)20-19-13-9-8-12(10-13)18(19)16-6-3-7-17(22(24)25)21(16)23-20/h2-7,11-13,18-20,23H,8-10H2,1H3,(H,24,25)/t12-,13-,18+,19-,20-/m0/s1. The zero-order valence-electron chi connectivity index (χ0n) is 14.8. The molecule has 2 N–H and O–H groups in total. The number of fused-ring (bicyclic) bond motifs is 7. The molecule has 5 atom stereocenters. The van der Waals surface area contributed by atoms with Crippen LogP contribution in [0.2, 0.25) is 0 Å². The molecule has 5 rings (SSSR count). The van der Waals surface area contributed by atoms with Gasteiger partial charge in [-0.1, -0.05) is 24.3 Å². The molecular weight excluding hydrogens is 326 g/mol. The van der Waals surface area contributed by atoms with E-state index in [1.54, 1.807) is 13.2 Å². The third-order valence-electron chi connectivity index (χ3n) is 6.80. The number of carbonyl (C=O) groups is 1. The van der Waals surface area contributed by atoms with Crippen LogP contribution in [-0.2, 0) is 0 Å². The fourth-order valence-corrected chi connectivity index (χ4v) is 5.86. The molecular formula is C22H23NO3. The van der Waals surface area contributed by atoms with Gasteiger partial charge in [-0.2, -0.15) is 0 Å². The van der Waals surface area contributed by atoms with E-state index in [0.29, 0.717) is 23.3 Å². The number of hydrogen-bond acceptors (Lipinski definition) is 3. The molecule has 0 spiro atoms. The molecule has 2 aromatic carbocycles. The fraction of sp³-hybridized carbons (Fsp3) is 0.409. The second-order valence-corrected chi connectivity index (χ2v) is 7.91. The van der Waals surface area contributed by atoms with Crippen LogP contribution in [0.15, 0.2) is 42.5 Å². The van der Waals surface area contributed by atoms with Gasteiger partial charge in [0.05, 0.1) is 24.4 Å². The van der Waals surface area contributed by atoms with Gasteiger partial charge in [-0.3, -0.25) is 0 Å². The Labute approximate surface area is 153 Å². The normalized spacial score (nSPS) is 31.0. The van der Waals surface area contributed by atoms with Crippen molar-refractivity contribution in [2.24, 2.45) is 17.8 Å². The summed E-state index contributed by atoms with van der Waals surface area (Å²) in [6, 6.07) is 14.1. The van der Waals surface area contributed by atoms with Crippen molar-refractivity contribution in [2.75, 3.05) is 12.4 Å². The van der Waals surface area contributed by atoms with Crippen molar-refractivity contribution in [2.45, 2.75) is 31.2 Å². The predicted molar refractivity (Wildman–Crippen MR) is 99.8 cm³/mol. The first-order chi connectivity index (χ1) is 12.7. The molecule has 26 heavy (non-hydrogen) atoms. The van der Waals surface area contributed by atoms with E-state index in [0.717, 1.165) is 17.4 Å². The summed E-state index contributed by atoms with van der Waals surface area (Å²) >= 11 is 0.